The number of unbranched alkanes of at least 4 members (excludes halogenated alkanes) is 8. The summed E-state index contributed by atoms with van der Waals surface area (Å²) in [5.41, 5.74) is 1.37. The fourth-order valence-electron chi connectivity index (χ4n) is 3.59. The van der Waals surface area contributed by atoms with E-state index in [1.165, 1.54) is 58.3 Å². The lowest BCUT2D eigenvalue weighted by atomic mass is 10.1. The van der Waals surface area contributed by atoms with Crippen LogP contribution in [0.15, 0.2) is 30.3 Å². The molecule has 0 aromatic heterocycles. The van der Waals surface area contributed by atoms with Gasteiger partial charge in [-0.15, -0.1) is 0 Å². The number of carbonyl (C=O) groups excluding carboxylic acids is 2. The van der Waals surface area contributed by atoms with E-state index in [1.54, 1.807) is 0 Å². The SMILES string of the molecule is COC(=O)CCCCCCCN(CCCCCCCC(=O)OC)Cc1ccccc1. The molecule has 0 N–H and O–H groups in total. The van der Waals surface area contributed by atoms with Gasteiger partial charge in [0.05, 0.1) is 14.2 Å². The molecule has 0 bridgehead atoms. The Kier molecular flexibility index (Phi) is 15.6. The summed E-state index contributed by atoms with van der Waals surface area (Å²) in [6, 6.07) is 10.7. The van der Waals surface area contributed by atoms with Crippen molar-refractivity contribution in [2.24, 2.45) is 0 Å². The largest absolute Gasteiger partial charge is 0.469 e. The standard InChI is InChI=1S/C25H41NO4/c1-29-24(27)18-12-5-3-7-14-20-26(22-23-16-10-9-11-17-23)21-15-8-4-6-13-19-25(28)30-2/h9-11,16-17H,3-8,12-15,18-22H2,1-2H3. The van der Waals surface area contributed by atoms with Gasteiger partial charge < -0.3 is 9.47 Å². The number of hydrogen-bond donors (Lipinski definition) is 0. The van der Waals surface area contributed by atoms with Gasteiger partial charge in [0.1, 0.15) is 0 Å². The maximum absolute atomic E-state index is 11.1. The Morgan fingerprint density at radius 2 is 1.10 bits per heavy atom. The van der Waals surface area contributed by atoms with Crippen LogP contribution in [0.2, 0.25) is 0 Å². The van der Waals surface area contributed by atoms with Crippen molar-refractivity contribution in [1.29, 1.82) is 0 Å². The summed E-state index contributed by atoms with van der Waals surface area (Å²) in [6.07, 6.45) is 12.3. The predicted octanol–water partition coefficient (Wildman–Crippen LogP) is 5.52. The Hall–Kier alpha value is -1.88. The van der Waals surface area contributed by atoms with Gasteiger partial charge in [-0.05, 0) is 44.3 Å². The zero-order chi connectivity index (χ0) is 21.9. The van der Waals surface area contributed by atoms with Crippen LogP contribution in [0, 0.1) is 0 Å². The zero-order valence-corrected chi connectivity index (χ0v) is 19.1. The highest BCUT2D eigenvalue weighted by Gasteiger charge is 2.07. The first-order valence-electron chi connectivity index (χ1n) is 11.6. The fraction of sp³-hybridized carbons (Fsp3) is 0.680. The normalized spacial score (nSPS) is 10.9. The fourth-order valence-corrected chi connectivity index (χ4v) is 3.59. The summed E-state index contributed by atoms with van der Waals surface area (Å²) in [5, 5.41) is 0. The summed E-state index contributed by atoms with van der Waals surface area (Å²) in [5.74, 6) is -0.205. The lowest BCUT2D eigenvalue weighted by molar-refractivity contribution is -0.141. The second-order valence-corrected chi connectivity index (χ2v) is 7.95. The van der Waals surface area contributed by atoms with Crippen LogP contribution in [0.4, 0.5) is 0 Å². The number of hydrogen-bond acceptors (Lipinski definition) is 5. The number of ether oxygens (including phenoxy) is 2. The molecule has 0 radical (unpaired) electrons. The minimum atomic E-state index is -0.102. The quantitative estimate of drug-likeness (QED) is 0.232. The Labute approximate surface area is 183 Å². The molecule has 0 spiro atoms. The molecule has 0 aliphatic heterocycles. The van der Waals surface area contributed by atoms with Gasteiger partial charge in [0.15, 0.2) is 0 Å². The van der Waals surface area contributed by atoms with E-state index in [2.05, 4.69) is 44.7 Å². The van der Waals surface area contributed by atoms with Crippen molar-refractivity contribution in [2.75, 3.05) is 27.3 Å². The molecule has 0 aliphatic rings. The average Bonchev–Trinajstić information content (AvgIpc) is 2.77. The Morgan fingerprint density at radius 3 is 1.57 bits per heavy atom. The molecule has 0 fully saturated rings. The predicted molar refractivity (Wildman–Crippen MR) is 121 cm³/mol. The molecule has 30 heavy (non-hydrogen) atoms. The van der Waals surface area contributed by atoms with Crippen molar-refractivity contribution < 1.29 is 19.1 Å². The molecular weight excluding hydrogens is 378 g/mol. The second kappa shape index (κ2) is 17.9. The molecule has 1 rings (SSSR count). The van der Waals surface area contributed by atoms with Crippen molar-refractivity contribution >= 4 is 11.9 Å². The second-order valence-electron chi connectivity index (χ2n) is 7.95. The number of rotatable bonds is 18. The molecule has 0 atom stereocenters. The van der Waals surface area contributed by atoms with Gasteiger partial charge >= 0.3 is 11.9 Å². The lowest BCUT2D eigenvalue weighted by Gasteiger charge is -2.22. The minimum Gasteiger partial charge on any atom is -0.469 e. The van der Waals surface area contributed by atoms with E-state index in [-0.39, 0.29) is 11.9 Å². The van der Waals surface area contributed by atoms with Crippen molar-refractivity contribution in [2.45, 2.75) is 83.6 Å². The molecule has 0 heterocycles. The van der Waals surface area contributed by atoms with Crippen LogP contribution >= 0.6 is 0 Å². The van der Waals surface area contributed by atoms with Crippen LogP contribution in [0.1, 0.15) is 82.6 Å². The first-order valence-corrected chi connectivity index (χ1v) is 11.6. The van der Waals surface area contributed by atoms with Crippen LogP contribution in [-0.2, 0) is 25.6 Å². The Morgan fingerprint density at radius 1 is 0.667 bits per heavy atom. The summed E-state index contributed by atoms with van der Waals surface area (Å²) in [7, 11) is 2.90. The number of carbonyl (C=O) groups is 2. The molecule has 0 amide bonds. The molecule has 5 heteroatoms. The van der Waals surface area contributed by atoms with Crippen LogP contribution in [0.5, 0.6) is 0 Å². The maximum atomic E-state index is 11.1. The molecule has 1 aromatic rings. The van der Waals surface area contributed by atoms with Gasteiger partial charge in [-0.3, -0.25) is 14.5 Å². The molecular formula is C25H41NO4. The first kappa shape index (κ1) is 26.2. The van der Waals surface area contributed by atoms with Crippen LogP contribution in [0.3, 0.4) is 0 Å². The van der Waals surface area contributed by atoms with E-state index in [0.717, 1.165) is 45.3 Å². The van der Waals surface area contributed by atoms with Crippen molar-refractivity contribution in [1.82, 2.24) is 4.90 Å². The summed E-state index contributed by atoms with van der Waals surface area (Å²) in [6.45, 7) is 3.24. The highest BCUT2D eigenvalue weighted by Crippen LogP contribution is 2.12. The van der Waals surface area contributed by atoms with E-state index in [0.29, 0.717) is 12.8 Å². The number of methoxy groups -OCH3 is 2. The van der Waals surface area contributed by atoms with Gasteiger partial charge in [-0.1, -0.05) is 68.9 Å². The van der Waals surface area contributed by atoms with Crippen LogP contribution < -0.4 is 0 Å². The van der Waals surface area contributed by atoms with Gasteiger partial charge in [0.25, 0.3) is 0 Å². The highest BCUT2D eigenvalue weighted by molar-refractivity contribution is 5.69. The third kappa shape index (κ3) is 14.2. The lowest BCUT2D eigenvalue weighted by Crippen LogP contribution is -2.25. The van der Waals surface area contributed by atoms with E-state index in [4.69, 9.17) is 0 Å². The van der Waals surface area contributed by atoms with E-state index in [1.807, 2.05) is 0 Å². The smallest absolute Gasteiger partial charge is 0.305 e. The zero-order valence-electron chi connectivity index (χ0n) is 19.1. The first-order chi connectivity index (χ1) is 14.7. The molecule has 0 aliphatic carbocycles. The van der Waals surface area contributed by atoms with E-state index >= 15 is 0 Å². The van der Waals surface area contributed by atoms with Crippen molar-refractivity contribution in [3.8, 4) is 0 Å². The number of nitrogens with zero attached hydrogens (tertiary/aromatic N) is 1. The summed E-state index contributed by atoms with van der Waals surface area (Å²) in [4.78, 5) is 24.9. The third-order valence-corrected chi connectivity index (χ3v) is 5.41. The molecule has 5 nitrogen and oxygen atoms in total. The summed E-state index contributed by atoms with van der Waals surface area (Å²) < 4.78 is 9.37. The molecule has 0 unspecified atom stereocenters. The monoisotopic (exact) mass is 419 g/mol. The van der Waals surface area contributed by atoms with E-state index in [9.17, 15) is 9.59 Å². The van der Waals surface area contributed by atoms with Gasteiger partial charge in [0, 0.05) is 19.4 Å². The molecule has 0 saturated heterocycles. The molecule has 170 valence electrons. The minimum absolute atomic E-state index is 0.102. The van der Waals surface area contributed by atoms with E-state index < -0.39 is 0 Å². The van der Waals surface area contributed by atoms with Crippen LogP contribution in [-0.4, -0.2) is 44.1 Å². The summed E-state index contributed by atoms with van der Waals surface area (Å²) >= 11 is 0. The third-order valence-electron chi connectivity index (χ3n) is 5.41. The number of esters is 2. The van der Waals surface area contributed by atoms with Gasteiger partial charge in [-0.25, -0.2) is 0 Å². The average molecular weight is 420 g/mol. The molecule has 1 aromatic carbocycles. The topological polar surface area (TPSA) is 55.8 Å². The maximum Gasteiger partial charge on any atom is 0.305 e. The Balaban J connectivity index is 2.21. The van der Waals surface area contributed by atoms with Gasteiger partial charge in [0.2, 0.25) is 0 Å². The van der Waals surface area contributed by atoms with Crippen molar-refractivity contribution in [3.05, 3.63) is 35.9 Å². The highest BCUT2D eigenvalue weighted by atomic mass is 16.5. The van der Waals surface area contributed by atoms with Crippen LogP contribution in [0.25, 0.3) is 0 Å². The van der Waals surface area contributed by atoms with Crippen molar-refractivity contribution in [3.63, 3.8) is 0 Å². The molecule has 0 saturated carbocycles. The van der Waals surface area contributed by atoms with Gasteiger partial charge in [-0.2, -0.15) is 0 Å². The number of benzene rings is 1. The Bertz CT molecular complexity index is 532.